The first-order chi connectivity index (χ1) is 10.4. The van der Waals surface area contributed by atoms with Crippen LogP contribution in [0.2, 0.25) is 0 Å². The van der Waals surface area contributed by atoms with Crippen molar-refractivity contribution in [3.05, 3.63) is 29.8 Å². The SMILES string of the molecule is Cl.NC1CCCC2CN(Cc3cccc(OC(F)(F)F)c3)CC12. The molecule has 0 radical (unpaired) electrons. The van der Waals surface area contributed by atoms with Crippen LogP contribution in [0.3, 0.4) is 0 Å². The quantitative estimate of drug-likeness (QED) is 0.905. The summed E-state index contributed by atoms with van der Waals surface area (Å²) in [6.07, 6.45) is -1.16. The molecule has 0 aromatic heterocycles. The Labute approximate surface area is 140 Å². The molecule has 23 heavy (non-hydrogen) atoms. The van der Waals surface area contributed by atoms with Crippen LogP contribution >= 0.6 is 12.4 Å². The van der Waals surface area contributed by atoms with Gasteiger partial charge >= 0.3 is 6.36 Å². The minimum Gasteiger partial charge on any atom is -0.406 e. The molecule has 130 valence electrons. The van der Waals surface area contributed by atoms with E-state index in [2.05, 4.69) is 9.64 Å². The fourth-order valence-electron chi connectivity index (χ4n) is 3.84. The lowest BCUT2D eigenvalue weighted by Crippen LogP contribution is -2.38. The summed E-state index contributed by atoms with van der Waals surface area (Å²) in [5.41, 5.74) is 7.04. The van der Waals surface area contributed by atoms with Gasteiger partial charge in [-0.15, -0.1) is 25.6 Å². The summed E-state index contributed by atoms with van der Waals surface area (Å²) in [7, 11) is 0. The molecule has 2 fully saturated rings. The Morgan fingerprint density at radius 1 is 1.22 bits per heavy atom. The molecule has 0 amide bonds. The first kappa shape index (κ1) is 18.4. The summed E-state index contributed by atoms with van der Waals surface area (Å²) >= 11 is 0. The van der Waals surface area contributed by atoms with E-state index in [4.69, 9.17) is 5.73 Å². The van der Waals surface area contributed by atoms with E-state index in [0.29, 0.717) is 18.4 Å². The molecule has 3 rings (SSSR count). The van der Waals surface area contributed by atoms with Gasteiger partial charge < -0.3 is 10.5 Å². The summed E-state index contributed by atoms with van der Waals surface area (Å²) in [6.45, 7) is 2.58. The molecular weight excluding hydrogens is 329 g/mol. The third-order valence-electron chi connectivity index (χ3n) is 4.77. The molecule has 0 spiro atoms. The fraction of sp³-hybridized carbons (Fsp3) is 0.625. The van der Waals surface area contributed by atoms with Gasteiger partial charge in [-0.25, -0.2) is 0 Å². The van der Waals surface area contributed by atoms with Crippen LogP contribution in [-0.2, 0) is 6.54 Å². The molecule has 7 heteroatoms. The van der Waals surface area contributed by atoms with Gasteiger partial charge in [0.1, 0.15) is 5.75 Å². The molecule has 2 N–H and O–H groups in total. The summed E-state index contributed by atoms with van der Waals surface area (Å²) in [4.78, 5) is 2.30. The molecule has 1 saturated heterocycles. The third kappa shape index (κ3) is 4.75. The van der Waals surface area contributed by atoms with Crippen LogP contribution < -0.4 is 10.5 Å². The number of benzene rings is 1. The first-order valence-electron chi connectivity index (χ1n) is 7.73. The number of hydrogen-bond acceptors (Lipinski definition) is 3. The molecule has 1 aliphatic carbocycles. The van der Waals surface area contributed by atoms with E-state index in [9.17, 15) is 13.2 Å². The van der Waals surface area contributed by atoms with E-state index in [1.54, 1.807) is 6.07 Å². The summed E-state index contributed by atoms with van der Waals surface area (Å²) in [6, 6.07) is 6.51. The molecule has 1 saturated carbocycles. The number of fused-ring (bicyclic) bond motifs is 1. The summed E-state index contributed by atoms with van der Waals surface area (Å²) in [5.74, 6) is 1.01. The average Bonchev–Trinajstić information content (AvgIpc) is 2.81. The number of likely N-dealkylation sites (tertiary alicyclic amines) is 1. The number of nitrogens with two attached hydrogens (primary N) is 1. The van der Waals surface area contributed by atoms with Crippen molar-refractivity contribution >= 4 is 12.4 Å². The molecule has 1 aliphatic heterocycles. The van der Waals surface area contributed by atoms with Crippen molar-refractivity contribution in [3.63, 3.8) is 0 Å². The lowest BCUT2D eigenvalue weighted by molar-refractivity contribution is -0.274. The molecular formula is C16H22ClF3N2O. The maximum Gasteiger partial charge on any atom is 0.573 e. The minimum absolute atomic E-state index is 0. The Hall–Kier alpha value is -0.980. The molecule has 0 bridgehead atoms. The zero-order valence-electron chi connectivity index (χ0n) is 12.8. The molecule has 2 aliphatic rings. The lowest BCUT2D eigenvalue weighted by atomic mass is 9.78. The Morgan fingerprint density at radius 3 is 2.70 bits per heavy atom. The molecule has 1 heterocycles. The highest BCUT2D eigenvalue weighted by atomic mass is 35.5. The van der Waals surface area contributed by atoms with Crippen molar-refractivity contribution in [2.24, 2.45) is 17.6 Å². The number of halogens is 4. The Balaban J connectivity index is 0.00000192. The average molecular weight is 351 g/mol. The standard InChI is InChI=1S/C16H21F3N2O.ClH/c17-16(18,19)22-13-5-1-3-11(7-13)8-21-9-12-4-2-6-15(20)14(12)10-21;/h1,3,5,7,12,14-15H,2,4,6,8-10,20H2;1H. The van der Waals surface area contributed by atoms with Crippen molar-refractivity contribution in [2.75, 3.05) is 13.1 Å². The van der Waals surface area contributed by atoms with Crippen molar-refractivity contribution in [2.45, 2.75) is 38.2 Å². The van der Waals surface area contributed by atoms with Gasteiger partial charge in [-0.2, -0.15) is 0 Å². The van der Waals surface area contributed by atoms with Gasteiger partial charge in [0, 0.05) is 25.7 Å². The molecule has 1 aromatic carbocycles. The van der Waals surface area contributed by atoms with Gasteiger partial charge in [-0.05, 0) is 42.4 Å². The van der Waals surface area contributed by atoms with Crippen molar-refractivity contribution < 1.29 is 17.9 Å². The molecule has 3 nitrogen and oxygen atoms in total. The van der Waals surface area contributed by atoms with Gasteiger partial charge in [0.15, 0.2) is 0 Å². The number of nitrogens with zero attached hydrogens (tertiary/aromatic N) is 1. The van der Waals surface area contributed by atoms with Gasteiger partial charge in [0.25, 0.3) is 0 Å². The van der Waals surface area contributed by atoms with E-state index < -0.39 is 6.36 Å². The topological polar surface area (TPSA) is 38.5 Å². The summed E-state index contributed by atoms with van der Waals surface area (Å²) in [5, 5.41) is 0. The lowest BCUT2D eigenvalue weighted by Gasteiger charge is -2.29. The van der Waals surface area contributed by atoms with Crippen LogP contribution in [0.25, 0.3) is 0 Å². The van der Waals surface area contributed by atoms with E-state index in [0.717, 1.165) is 25.1 Å². The largest absolute Gasteiger partial charge is 0.573 e. The smallest absolute Gasteiger partial charge is 0.406 e. The Morgan fingerprint density at radius 2 is 2.00 bits per heavy atom. The van der Waals surface area contributed by atoms with Gasteiger partial charge in [-0.1, -0.05) is 18.6 Å². The fourth-order valence-corrected chi connectivity index (χ4v) is 3.84. The minimum atomic E-state index is -4.64. The Kier molecular flexibility index (Phi) is 5.81. The zero-order chi connectivity index (χ0) is 15.7. The highest BCUT2D eigenvalue weighted by Crippen LogP contribution is 2.36. The van der Waals surface area contributed by atoms with Crippen LogP contribution in [0.15, 0.2) is 24.3 Å². The third-order valence-corrected chi connectivity index (χ3v) is 4.77. The van der Waals surface area contributed by atoms with Crippen LogP contribution in [0.1, 0.15) is 24.8 Å². The highest BCUT2D eigenvalue weighted by molar-refractivity contribution is 5.85. The van der Waals surface area contributed by atoms with Crippen LogP contribution in [-0.4, -0.2) is 30.4 Å². The second kappa shape index (κ2) is 7.28. The van der Waals surface area contributed by atoms with Gasteiger partial charge in [-0.3, -0.25) is 4.90 Å². The summed E-state index contributed by atoms with van der Waals surface area (Å²) < 4.78 is 40.8. The number of alkyl halides is 3. The monoisotopic (exact) mass is 350 g/mol. The first-order valence-corrected chi connectivity index (χ1v) is 7.73. The van der Waals surface area contributed by atoms with E-state index in [-0.39, 0.29) is 24.2 Å². The van der Waals surface area contributed by atoms with Gasteiger partial charge in [0.2, 0.25) is 0 Å². The predicted molar refractivity (Wildman–Crippen MR) is 84.5 cm³/mol. The van der Waals surface area contributed by atoms with Crippen molar-refractivity contribution in [3.8, 4) is 5.75 Å². The van der Waals surface area contributed by atoms with E-state index >= 15 is 0 Å². The number of ether oxygens (including phenoxy) is 1. The number of rotatable bonds is 3. The van der Waals surface area contributed by atoms with Gasteiger partial charge in [0.05, 0.1) is 0 Å². The second-order valence-electron chi connectivity index (χ2n) is 6.41. The Bertz CT molecular complexity index is 526. The van der Waals surface area contributed by atoms with Crippen molar-refractivity contribution in [1.82, 2.24) is 4.90 Å². The van der Waals surface area contributed by atoms with E-state index in [1.807, 2.05) is 6.07 Å². The van der Waals surface area contributed by atoms with Crippen molar-refractivity contribution in [1.29, 1.82) is 0 Å². The van der Waals surface area contributed by atoms with E-state index in [1.165, 1.54) is 25.0 Å². The number of hydrogen-bond donors (Lipinski definition) is 1. The highest BCUT2D eigenvalue weighted by Gasteiger charge is 2.38. The molecule has 3 atom stereocenters. The van der Waals surface area contributed by atoms with Crippen LogP contribution in [0.5, 0.6) is 5.75 Å². The predicted octanol–water partition coefficient (Wildman–Crippen LogP) is 3.57. The maximum atomic E-state index is 12.3. The maximum absolute atomic E-state index is 12.3. The molecule has 3 unspecified atom stereocenters. The zero-order valence-corrected chi connectivity index (χ0v) is 13.6. The normalized spacial score (nSPS) is 28.1. The van der Waals surface area contributed by atoms with Crippen LogP contribution in [0.4, 0.5) is 13.2 Å². The van der Waals surface area contributed by atoms with Crippen LogP contribution in [0, 0.1) is 11.8 Å². The second-order valence-corrected chi connectivity index (χ2v) is 6.41. The molecule has 1 aromatic rings.